The Balaban J connectivity index is 2.28. The Morgan fingerprint density at radius 2 is 1.79 bits per heavy atom. The first kappa shape index (κ1) is 13.1. The summed E-state index contributed by atoms with van der Waals surface area (Å²) in [5, 5.41) is 2.72. The van der Waals surface area contributed by atoms with Gasteiger partial charge in [0.25, 0.3) is 5.91 Å². The van der Waals surface area contributed by atoms with Gasteiger partial charge in [-0.25, -0.2) is 4.39 Å². The number of aryl methyl sites for hydroxylation is 2. The zero-order chi connectivity index (χ0) is 14.0. The number of carbonyl (C=O) groups is 1. The summed E-state index contributed by atoms with van der Waals surface area (Å²) in [5.41, 5.74) is 8.38. The van der Waals surface area contributed by atoms with Gasteiger partial charge in [0.2, 0.25) is 0 Å². The topological polar surface area (TPSA) is 55.1 Å². The lowest BCUT2D eigenvalue weighted by Crippen LogP contribution is -2.15. The maximum atomic E-state index is 13.0. The van der Waals surface area contributed by atoms with Crippen molar-refractivity contribution in [3.63, 3.8) is 0 Å². The molecule has 0 bridgehead atoms. The fraction of sp³-hybridized carbons (Fsp3) is 0.133. The van der Waals surface area contributed by atoms with E-state index in [1.54, 1.807) is 0 Å². The van der Waals surface area contributed by atoms with E-state index in [1.165, 1.54) is 18.2 Å². The third-order valence-corrected chi connectivity index (χ3v) is 2.96. The van der Waals surface area contributed by atoms with Crippen LogP contribution in [0.2, 0.25) is 0 Å². The predicted octanol–water partition coefficient (Wildman–Crippen LogP) is 3.28. The second-order valence-electron chi connectivity index (χ2n) is 4.46. The molecule has 2 aromatic carbocycles. The van der Waals surface area contributed by atoms with Crippen LogP contribution in [0.1, 0.15) is 21.5 Å². The normalized spacial score (nSPS) is 10.3. The van der Waals surface area contributed by atoms with Crippen LogP contribution in [0, 0.1) is 19.7 Å². The fourth-order valence-corrected chi connectivity index (χ4v) is 1.99. The number of hydrogen-bond donors (Lipinski definition) is 2. The molecule has 2 rings (SSSR count). The maximum Gasteiger partial charge on any atom is 0.256 e. The van der Waals surface area contributed by atoms with Gasteiger partial charge in [0.1, 0.15) is 5.82 Å². The van der Waals surface area contributed by atoms with Crippen molar-refractivity contribution in [1.29, 1.82) is 0 Å². The molecule has 19 heavy (non-hydrogen) atoms. The van der Waals surface area contributed by atoms with E-state index in [2.05, 4.69) is 5.32 Å². The van der Waals surface area contributed by atoms with Gasteiger partial charge in [0.05, 0.1) is 5.69 Å². The second kappa shape index (κ2) is 5.10. The van der Waals surface area contributed by atoms with Crippen molar-refractivity contribution in [3.8, 4) is 0 Å². The molecule has 0 aliphatic carbocycles. The molecule has 0 fully saturated rings. The van der Waals surface area contributed by atoms with E-state index in [0.717, 1.165) is 11.1 Å². The molecule has 3 nitrogen and oxygen atoms in total. The third kappa shape index (κ3) is 2.73. The van der Waals surface area contributed by atoms with Crippen molar-refractivity contribution in [2.24, 2.45) is 0 Å². The van der Waals surface area contributed by atoms with E-state index in [-0.39, 0.29) is 11.6 Å². The van der Waals surface area contributed by atoms with E-state index in [9.17, 15) is 9.18 Å². The van der Waals surface area contributed by atoms with Crippen molar-refractivity contribution >= 4 is 17.3 Å². The molecule has 0 saturated carbocycles. The minimum atomic E-state index is -0.495. The summed E-state index contributed by atoms with van der Waals surface area (Å²) < 4.78 is 13.0. The van der Waals surface area contributed by atoms with Crippen LogP contribution in [-0.4, -0.2) is 5.91 Å². The van der Waals surface area contributed by atoms with Crippen LogP contribution in [0.5, 0.6) is 0 Å². The van der Waals surface area contributed by atoms with Crippen LogP contribution in [0.3, 0.4) is 0 Å². The molecule has 0 heterocycles. The number of carbonyl (C=O) groups excluding carboxylic acids is 1. The van der Waals surface area contributed by atoms with Crippen molar-refractivity contribution in [2.45, 2.75) is 13.8 Å². The third-order valence-electron chi connectivity index (χ3n) is 2.96. The van der Waals surface area contributed by atoms with Crippen LogP contribution >= 0.6 is 0 Å². The zero-order valence-corrected chi connectivity index (χ0v) is 10.8. The second-order valence-corrected chi connectivity index (χ2v) is 4.46. The van der Waals surface area contributed by atoms with Crippen LogP contribution in [0.25, 0.3) is 0 Å². The van der Waals surface area contributed by atoms with Gasteiger partial charge in [-0.05, 0) is 43.2 Å². The monoisotopic (exact) mass is 258 g/mol. The number of amides is 1. The standard InChI is InChI=1S/C15H15FN2O/c1-9-4-3-5-10(2)14(9)15(19)18-11-6-7-12(16)13(17)8-11/h3-8H,17H2,1-2H3,(H,18,19). The number of hydrogen-bond acceptors (Lipinski definition) is 2. The minimum absolute atomic E-state index is 0.0132. The summed E-state index contributed by atoms with van der Waals surface area (Å²) in [7, 11) is 0. The van der Waals surface area contributed by atoms with E-state index >= 15 is 0 Å². The molecule has 3 N–H and O–H groups in total. The molecule has 0 aliphatic rings. The van der Waals surface area contributed by atoms with Gasteiger partial charge in [-0.15, -0.1) is 0 Å². The lowest BCUT2D eigenvalue weighted by atomic mass is 10.0. The van der Waals surface area contributed by atoms with E-state index in [0.29, 0.717) is 11.3 Å². The fourth-order valence-electron chi connectivity index (χ4n) is 1.99. The Morgan fingerprint density at radius 1 is 1.16 bits per heavy atom. The molecule has 0 unspecified atom stereocenters. The minimum Gasteiger partial charge on any atom is -0.396 e. The van der Waals surface area contributed by atoms with Gasteiger partial charge in [-0.1, -0.05) is 18.2 Å². The van der Waals surface area contributed by atoms with Gasteiger partial charge in [-0.2, -0.15) is 0 Å². The quantitative estimate of drug-likeness (QED) is 0.812. The average molecular weight is 258 g/mol. The predicted molar refractivity (Wildman–Crippen MR) is 74.7 cm³/mol. The molecule has 98 valence electrons. The van der Waals surface area contributed by atoms with E-state index < -0.39 is 5.82 Å². The Hall–Kier alpha value is -2.36. The van der Waals surface area contributed by atoms with Gasteiger partial charge in [0, 0.05) is 11.3 Å². The summed E-state index contributed by atoms with van der Waals surface area (Å²) in [5.74, 6) is -0.716. The van der Waals surface area contributed by atoms with Crippen molar-refractivity contribution in [2.75, 3.05) is 11.1 Å². The molecule has 0 aliphatic heterocycles. The molecule has 1 amide bonds. The molecular weight excluding hydrogens is 243 g/mol. The van der Waals surface area contributed by atoms with Crippen molar-refractivity contribution in [3.05, 3.63) is 58.9 Å². The highest BCUT2D eigenvalue weighted by atomic mass is 19.1. The number of benzene rings is 2. The zero-order valence-electron chi connectivity index (χ0n) is 10.8. The van der Waals surface area contributed by atoms with Crippen LogP contribution in [0.4, 0.5) is 15.8 Å². The lowest BCUT2D eigenvalue weighted by Gasteiger charge is -2.11. The number of nitrogens with two attached hydrogens (primary N) is 1. The SMILES string of the molecule is Cc1cccc(C)c1C(=O)Nc1ccc(F)c(N)c1. The lowest BCUT2D eigenvalue weighted by molar-refractivity contribution is 0.102. The molecule has 4 heteroatoms. The molecule has 0 atom stereocenters. The number of nitrogen functional groups attached to an aromatic ring is 1. The number of halogens is 1. The Morgan fingerprint density at radius 3 is 2.37 bits per heavy atom. The first-order chi connectivity index (χ1) is 8.99. The van der Waals surface area contributed by atoms with Crippen LogP contribution < -0.4 is 11.1 Å². The first-order valence-electron chi connectivity index (χ1n) is 5.91. The Labute approximate surface area is 111 Å². The van der Waals surface area contributed by atoms with E-state index in [1.807, 2.05) is 32.0 Å². The maximum absolute atomic E-state index is 13.0. The smallest absolute Gasteiger partial charge is 0.256 e. The molecule has 2 aromatic rings. The van der Waals surface area contributed by atoms with E-state index in [4.69, 9.17) is 5.73 Å². The number of rotatable bonds is 2. The van der Waals surface area contributed by atoms with Gasteiger partial charge >= 0.3 is 0 Å². The molecule has 0 radical (unpaired) electrons. The molecule has 0 aromatic heterocycles. The summed E-state index contributed by atoms with van der Waals surface area (Å²) in [4.78, 5) is 12.2. The Bertz CT molecular complexity index is 618. The summed E-state index contributed by atoms with van der Waals surface area (Å²) in [6, 6.07) is 9.77. The van der Waals surface area contributed by atoms with Gasteiger partial charge < -0.3 is 11.1 Å². The highest BCUT2D eigenvalue weighted by Crippen LogP contribution is 2.19. The Kier molecular flexibility index (Phi) is 3.51. The molecular formula is C15H15FN2O. The van der Waals surface area contributed by atoms with Gasteiger partial charge in [-0.3, -0.25) is 4.79 Å². The van der Waals surface area contributed by atoms with Crippen molar-refractivity contribution < 1.29 is 9.18 Å². The summed E-state index contributed by atoms with van der Waals surface area (Å²) in [6.45, 7) is 3.75. The van der Waals surface area contributed by atoms with Crippen LogP contribution in [-0.2, 0) is 0 Å². The summed E-state index contributed by atoms with van der Waals surface area (Å²) >= 11 is 0. The van der Waals surface area contributed by atoms with Crippen LogP contribution in [0.15, 0.2) is 36.4 Å². The first-order valence-corrected chi connectivity index (χ1v) is 5.91. The molecule has 0 spiro atoms. The largest absolute Gasteiger partial charge is 0.396 e. The number of anilines is 2. The highest BCUT2D eigenvalue weighted by Gasteiger charge is 2.12. The molecule has 0 saturated heterocycles. The average Bonchev–Trinajstić information content (AvgIpc) is 2.33. The van der Waals surface area contributed by atoms with Crippen molar-refractivity contribution in [1.82, 2.24) is 0 Å². The summed E-state index contributed by atoms with van der Waals surface area (Å²) in [6.07, 6.45) is 0. The highest BCUT2D eigenvalue weighted by molar-refractivity contribution is 6.06. The number of nitrogens with one attached hydrogen (secondary N) is 1. The van der Waals surface area contributed by atoms with Gasteiger partial charge in [0.15, 0.2) is 0 Å².